The Morgan fingerprint density at radius 1 is 1.53 bits per heavy atom. The Labute approximate surface area is 109 Å². The van der Waals surface area contributed by atoms with Gasteiger partial charge in [-0.1, -0.05) is 0 Å². The van der Waals surface area contributed by atoms with Crippen LogP contribution < -0.4 is 10.6 Å². The van der Waals surface area contributed by atoms with Crippen molar-refractivity contribution in [2.45, 2.75) is 38.8 Å². The lowest BCUT2D eigenvalue weighted by atomic mass is 10.2. The van der Waals surface area contributed by atoms with Gasteiger partial charge in [0.05, 0.1) is 13.2 Å². The summed E-state index contributed by atoms with van der Waals surface area (Å²) in [5, 5.41) is 6.05. The van der Waals surface area contributed by atoms with E-state index < -0.39 is 5.60 Å². The molecule has 17 heavy (non-hydrogen) atoms. The highest BCUT2D eigenvalue weighted by atomic mass is 35.5. The Morgan fingerprint density at radius 2 is 2.24 bits per heavy atom. The van der Waals surface area contributed by atoms with Crippen LogP contribution in [-0.4, -0.2) is 44.0 Å². The van der Waals surface area contributed by atoms with E-state index in [0.29, 0.717) is 12.6 Å². The Kier molecular flexibility index (Phi) is 7.50. The number of carbonyl (C=O) groups excluding carboxylic acids is 1. The van der Waals surface area contributed by atoms with Crippen molar-refractivity contribution >= 4 is 18.5 Å². The van der Waals surface area contributed by atoms with Crippen molar-refractivity contribution in [1.29, 1.82) is 0 Å². The molecule has 0 aliphatic carbocycles. The summed E-state index contributed by atoms with van der Waals surface area (Å²) in [6, 6.07) is 0.337. The summed E-state index contributed by atoms with van der Waals surface area (Å²) in [5.41, 5.74) is -0.434. The predicted octanol–water partition coefficient (Wildman–Crippen LogP) is 1.31. The maximum Gasteiger partial charge on any atom is 0.407 e. The summed E-state index contributed by atoms with van der Waals surface area (Å²) in [6.07, 6.45) is 0.503. The van der Waals surface area contributed by atoms with E-state index in [4.69, 9.17) is 9.47 Å². The minimum atomic E-state index is -0.434. The first-order valence-corrected chi connectivity index (χ1v) is 5.75. The molecule has 1 amide bonds. The van der Waals surface area contributed by atoms with Gasteiger partial charge in [-0.2, -0.15) is 0 Å². The van der Waals surface area contributed by atoms with Crippen molar-refractivity contribution in [3.63, 3.8) is 0 Å². The third kappa shape index (κ3) is 8.24. The third-order valence-corrected chi connectivity index (χ3v) is 2.16. The minimum Gasteiger partial charge on any atom is -0.444 e. The summed E-state index contributed by atoms with van der Waals surface area (Å²) in [6.45, 7) is 8.54. The fourth-order valence-electron chi connectivity index (χ4n) is 1.47. The van der Waals surface area contributed by atoms with Crippen LogP contribution in [0.2, 0.25) is 0 Å². The Hall–Kier alpha value is -0.520. The van der Waals surface area contributed by atoms with Crippen molar-refractivity contribution in [3.8, 4) is 0 Å². The number of rotatable bonds is 3. The lowest BCUT2D eigenvalue weighted by Crippen LogP contribution is -2.43. The number of nitrogens with one attached hydrogen (secondary N) is 2. The van der Waals surface area contributed by atoms with Crippen LogP contribution in [0.4, 0.5) is 4.79 Å². The number of carbonyl (C=O) groups is 1. The van der Waals surface area contributed by atoms with Crippen molar-refractivity contribution in [2.75, 3.05) is 26.3 Å². The van der Waals surface area contributed by atoms with Gasteiger partial charge < -0.3 is 20.1 Å². The van der Waals surface area contributed by atoms with Crippen molar-refractivity contribution in [3.05, 3.63) is 0 Å². The molecule has 0 aromatic rings. The van der Waals surface area contributed by atoms with Crippen LogP contribution in [-0.2, 0) is 9.47 Å². The third-order valence-electron chi connectivity index (χ3n) is 2.16. The maximum absolute atomic E-state index is 11.3. The van der Waals surface area contributed by atoms with Gasteiger partial charge >= 0.3 is 6.09 Å². The number of alkyl carbamates (subject to hydrolysis) is 1. The largest absolute Gasteiger partial charge is 0.444 e. The van der Waals surface area contributed by atoms with Gasteiger partial charge in [0, 0.05) is 19.1 Å². The number of amides is 1. The quantitative estimate of drug-likeness (QED) is 0.809. The van der Waals surface area contributed by atoms with Crippen LogP contribution in [0.3, 0.4) is 0 Å². The number of ether oxygens (including phenoxy) is 2. The smallest absolute Gasteiger partial charge is 0.407 e. The highest BCUT2D eigenvalue weighted by Crippen LogP contribution is 2.06. The molecule has 1 aliphatic heterocycles. The average Bonchev–Trinajstić information content (AvgIpc) is 2.16. The first-order chi connectivity index (χ1) is 7.47. The fourth-order valence-corrected chi connectivity index (χ4v) is 1.47. The maximum atomic E-state index is 11.3. The molecule has 1 saturated heterocycles. The monoisotopic (exact) mass is 266 g/mol. The zero-order valence-corrected chi connectivity index (χ0v) is 11.6. The molecule has 0 radical (unpaired) electrons. The zero-order chi connectivity index (χ0) is 12.0. The molecule has 0 aromatic heterocycles. The molecule has 1 atom stereocenters. The SMILES string of the molecule is CC(C)(C)OC(=O)NCCC1COCCN1.Cl. The second-order valence-corrected chi connectivity index (χ2v) is 4.94. The molecule has 102 valence electrons. The van der Waals surface area contributed by atoms with Crippen LogP contribution in [0.15, 0.2) is 0 Å². The molecule has 0 spiro atoms. The standard InChI is InChI=1S/C11H22N2O3.ClH/c1-11(2,3)16-10(14)13-5-4-9-8-15-7-6-12-9;/h9,12H,4-8H2,1-3H3,(H,13,14);1H. The number of hydrogen-bond donors (Lipinski definition) is 2. The molecule has 0 bridgehead atoms. The summed E-state index contributed by atoms with van der Waals surface area (Å²) in [5.74, 6) is 0. The lowest BCUT2D eigenvalue weighted by molar-refractivity contribution is 0.0508. The highest BCUT2D eigenvalue weighted by Gasteiger charge is 2.17. The van der Waals surface area contributed by atoms with E-state index in [1.807, 2.05) is 20.8 Å². The molecular formula is C11H23ClN2O3. The Bertz CT molecular complexity index is 225. The summed E-state index contributed by atoms with van der Waals surface area (Å²) in [4.78, 5) is 11.3. The molecule has 0 aromatic carbocycles. The van der Waals surface area contributed by atoms with E-state index in [2.05, 4.69) is 10.6 Å². The first-order valence-electron chi connectivity index (χ1n) is 5.75. The molecular weight excluding hydrogens is 244 g/mol. The van der Waals surface area contributed by atoms with Gasteiger partial charge in [0.1, 0.15) is 5.60 Å². The van der Waals surface area contributed by atoms with Crippen LogP contribution in [0.5, 0.6) is 0 Å². The van der Waals surface area contributed by atoms with Gasteiger partial charge in [0.25, 0.3) is 0 Å². The van der Waals surface area contributed by atoms with Crippen LogP contribution >= 0.6 is 12.4 Å². The second-order valence-electron chi connectivity index (χ2n) is 4.94. The van der Waals surface area contributed by atoms with Gasteiger partial charge in [-0.05, 0) is 27.2 Å². The first kappa shape index (κ1) is 16.5. The molecule has 1 heterocycles. The molecule has 1 unspecified atom stereocenters. The van der Waals surface area contributed by atoms with E-state index in [-0.39, 0.29) is 18.5 Å². The van der Waals surface area contributed by atoms with Gasteiger partial charge in [-0.15, -0.1) is 12.4 Å². The molecule has 1 rings (SSSR count). The molecule has 1 fully saturated rings. The predicted molar refractivity (Wildman–Crippen MR) is 68.7 cm³/mol. The second kappa shape index (κ2) is 7.74. The number of halogens is 1. The van der Waals surface area contributed by atoms with Gasteiger partial charge in [0.2, 0.25) is 0 Å². The van der Waals surface area contributed by atoms with Crippen LogP contribution in [0.25, 0.3) is 0 Å². The topological polar surface area (TPSA) is 59.6 Å². The Morgan fingerprint density at radius 3 is 2.76 bits per heavy atom. The zero-order valence-electron chi connectivity index (χ0n) is 10.7. The van der Waals surface area contributed by atoms with Crippen molar-refractivity contribution in [2.24, 2.45) is 0 Å². The minimum absolute atomic E-state index is 0. The fraction of sp³-hybridized carbons (Fsp3) is 0.909. The molecule has 6 heteroatoms. The van der Waals surface area contributed by atoms with Crippen molar-refractivity contribution in [1.82, 2.24) is 10.6 Å². The van der Waals surface area contributed by atoms with Gasteiger partial charge in [-0.25, -0.2) is 4.79 Å². The highest BCUT2D eigenvalue weighted by molar-refractivity contribution is 5.85. The van der Waals surface area contributed by atoms with E-state index in [1.165, 1.54) is 0 Å². The molecule has 0 saturated carbocycles. The number of morpholine rings is 1. The van der Waals surface area contributed by atoms with Gasteiger partial charge in [0.15, 0.2) is 0 Å². The van der Waals surface area contributed by atoms with E-state index in [1.54, 1.807) is 0 Å². The summed E-state index contributed by atoms with van der Waals surface area (Å²) in [7, 11) is 0. The van der Waals surface area contributed by atoms with E-state index >= 15 is 0 Å². The normalized spacial score (nSPS) is 20.3. The van der Waals surface area contributed by atoms with E-state index in [0.717, 1.165) is 26.2 Å². The molecule has 5 nitrogen and oxygen atoms in total. The van der Waals surface area contributed by atoms with Gasteiger partial charge in [-0.3, -0.25) is 0 Å². The van der Waals surface area contributed by atoms with E-state index in [9.17, 15) is 4.79 Å². The molecule has 2 N–H and O–H groups in total. The lowest BCUT2D eigenvalue weighted by Gasteiger charge is -2.24. The summed E-state index contributed by atoms with van der Waals surface area (Å²) < 4.78 is 10.4. The van der Waals surface area contributed by atoms with Crippen molar-refractivity contribution < 1.29 is 14.3 Å². The summed E-state index contributed by atoms with van der Waals surface area (Å²) >= 11 is 0. The van der Waals surface area contributed by atoms with Crippen LogP contribution in [0.1, 0.15) is 27.2 Å². The average molecular weight is 267 g/mol. The Balaban J connectivity index is 0.00000256. The van der Waals surface area contributed by atoms with Crippen LogP contribution in [0, 0.1) is 0 Å². The number of hydrogen-bond acceptors (Lipinski definition) is 4. The molecule has 1 aliphatic rings.